The number of anilines is 5. The fraction of sp³-hybridized carbons (Fsp3) is 0.533. The van der Waals surface area contributed by atoms with Crippen LogP contribution >= 0.6 is 11.6 Å². The van der Waals surface area contributed by atoms with Crippen molar-refractivity contribution in [3.63, 3.8) is 0 Å². The van der Waals surface area contributed by atoms with E-state index in [0.717, 1.165) is 55.4 Å². The summed E-state index contributed by atoms with van der Waals surface area (Å²) >= 11 is 5.93. The lowest BCUT2D eigenvalue weighted by Crippen LogP contribution is -2.39. The third-order valence-electron chi connectivity index (χ3n) is 10.4. The van der Waals surface area contributed by atoms with Crippen LogP contribution in [-0.4, -0.2) is 86.5 Å². The monoisotopic (exact) mass is 924 g/mol. The summed E-state index contributed by atoms with van der Waals surface area (Å²) in [4.78, 5) is 38.5. The molecular formula is C45H64ClF3N14O2. The van der Waals surface area contributed by atoms with Crippen LogP contribution in [0.4, 0.5) is 42.5 Å². The Bertz CT molecular complexity index is 2490. The van der Waals surface area contributed by atoms with E-state index in [-0.39, 0.29) is 30.5 Å². The van der Waals surface area contributed by atoms with E-state index in [1.165, 1.54) is 13.1 Å². The van der Waals surface area contributed by atoms with Gasteiger partial charge in [-0.05, 0) is 85.4 Å². The van der Waals surface area contributed by atoms with E-state index in [0.29, 0.717) is 56.7 Å². The van der Waals surface area contributed by atoms with Gasteiger partial charge >= 0.3 is 6.18 Å². The number of rotatable bonds is 16. The Morgan fingerprint density at radius 1 is 0.723 bits per heavy atom. The molecule has 6 aromatic heterocycles. The van der Waals surface area contributed by atoms with Crippen molar-refractivity contribution in [3.05, 3.63) is 53.7 Å². The number of alkyl halides is 3. The fourth-order valence-corrected chi connectivity index (χ4v) is 6.83. The highest BCUT2D eigenvalue weighted by Gasteiger charge is 2.37. The first-order valence-corrected chi connectivity index (χ1v) is 22.1. The molecule has 65 heavy (non-hydrogen) atoms. The van der Waals surface area contributed by atoms with Crippen molar-refractivity contribution in [1.29, 1.82) is 0 Å². The first kappa shape index (κ1) is 51.9. The number of aliphatic hydroxyl groups excluding tert-OH is 1. The van der Waals surface area contributed by atoms with Crippen molar-refractivity contribution >= 4 is 74.1 Å². The van der Waals surface area contributed by atoms with Crippen LogP contribution < -0.4 is 32.2 Å². The van der Waals surface area contributed by atoms with Crippen LogP contribution in [0.1, 0.15) is 113 Å². The number of hydrogen-bond acceptors (Lipinski definition) is 16. The van der Waals surface area contributed by atoms with Crippen LogP contribution in [0, 0.1) is 12.8 Å². The number of methoxy groups -OCH3 is 1. The number of ether oxygens (including phenoxy) is 1. The van der Waals surface area contributed by atoms with Gasteiger partial charge in [-0.3, -0.25) is 4.98 Å². The largest absolute Gasteiger partial charge is 0.495 e. The van der Waals surface area contributed by atoms with Gasteiger partial charge in [-0.15, -0.1) is 0 Å². The average molecular weight is 926 g/mol. The molecule has 20 heteroatoms. The Morgan fingerprint density at radius 2 is 1.26 bits per heavy atom. The molecule has 0 unspecified atom stereocenters. The molecule has 0 aliphatic rings. The molecule has 0 saturated carbocycles. The number of unbranched alkanes of at least 4 members (excludes halogenated alkanes) is 2. The molecule has 6 rings (SSSR count). The van der Waals surface area contributed by atoms with Crippen LogP contribution in [0.15, 0.2) is 42.9 Å². The standard InChI is InChI=1S/C18H26F3N5.C14H20ClN5O.C13H18N4O/c1-4-5-9-17(3,10-8-12(2)18(19,20)21)26-15-14-13(7-6-11-23-14)24-16(22)25-15;1-3-4-5-14(2,8-21)20-12-11-10(18-13(16)19-12)6-9(15)7-17-11;1-8-15-10-6-9(18-5)7-14-11(10)12(16-8)17-13(2,3)4/h6-7,11-12H,4-5,8-10H2,1-3H3,(H3,22,24,25,26);6-7,21H,3-5,8H2,1-2H3,(H3,16,18,19,20);6-7H,1-5H3,(H,15,16,17)/t12-,17+;14-;/m10./s1. The van der Waals surface area contributed by atoms with Crippen LogP contribution in [-0.2, 0) is 0 Å². The maximum absolute atomic E-state index is 12.9. The maximum atomic E-state index is 12.9. The third-order valence-corrected chi connectivity index (χ3v) is 10.6. The maximum Gasteiger partial charge on any atom is 0.391 e. The zero-order valence-corrected chi connectivity index (χ0v) is 39.8. The summed E-state index contributed by atoms with van der Waals surface area (Å²) in [6.45, 7) is 17.4. The van der Waals surface area contributed by atoms with Crippen molar-refractivity contribution in [2.45, 2.75) is 136 Å². The molecule has 0 aliphatic heterocycles. The summed E-state index contributed by atoms with van der Waals surface area (Å²) in [6.07, 6.45) is 6.53. The van der Waals surface area contributed by atoms with Crippen molar-refractivity contribution in [2.24, 2.45) is 5.92 Å². The van der Waals surface area contributed by atoms with Gasteiger partial charge in [-0.1, -0.05) is 58.1 Å². The molecule has 16 nitrogen and oxygen atoms in total. The zero-order valence-electron chi connectivity index (χ0n) is 39.0. The Kier molecular flexibility index (Phi) is 18.0. The molecule has 0 radical (unpaired) electrons. The number of nitrogen functional groups attached to an aromatic ring is 2. The summed E-state index contributed by atoms with van der Waals surface area (Å²) in [5.41, 5.74) is 14.3. The summed E-state index contributed by atoms with van der Waals surface area (Å²) in [5.74, 6) is 2.04. The number of nitrogens with one attached hydrogen (secondary N) is 3. The molecule has 0 fully saturated rings. The van der Waals surface area contributed by atoms with Gasteiger partial charge < -0.3 is 37.3 Å². The SMILES string of the molecule is CCCC[C@@](C)(CC[C@@H](C)C(F)(F)F)Nc1nc(N)nc2cccnc12.CCCC[C@@](C)(CO)Nc1nc(N)nc2cc(Cl)cnc12.COc1cnc2c(NC(C)(C)C)nc(C)nc2c1. The lowest BCUT2D eigenvalue weighted by atomic mass is 9.86. The Labute approximate surface area is 383 Å². The second-order valence-electron chi connectivity index (χ2n) is 17.7. The minimum Gasteiger partial charge on any atom is -0.495 e. The van der Waals surface area contributed by atoms with E-state index in [1.54, 1.807) is 37.7 Å². The highest BCUT2D eigenvalue weighted by molar-refractivity contribution is 6.31. The highest BCUT2D eigenvalue weighted by atomic mass is 35.5. The second kappa shape index (κ2) is 22.5. The lowest BCUT2D eigenvalue weighted by Gasteiger charge is -2.33. The predicted molar refractivity (Wildman–Crippen MR) is 255 cm³/mol. The van der Waals surface area contributed by atoms with Crippen LogP contribution in [0.25, 0.3) is 33.1 Å². The molecule has 0 spiro atoms. The molecule has 354 valence electrons. The van der Waals surface area contributed by atoms with E-state index in [4.69, 9.17) is 27.8 Å². The first-order chi connectivity index (χ1) is 30.5. The Balaban J connectivity index is 0.000000217. The summed E-state index contributed by atoms with van der Waals surface area (Å²) < 4.78 is 43.9. The van der Waals surface area contributed by atoms with Crippen molar-refractivity contribution in [2.75, 3.05) is 41.1 Å². The van der Waals surface area contributed by atoms with Crippen LogP contribution in [0.3, 0.4) is 0 Å². The molecule has 0 aromatic carbocycles. The Morgan fingerprint density at radius 3 is 1.83 bits per heavy atom. The zero-order chi connectivity index (χ0) is 48.2. The van der Waals surface area contributed by atoms with Gasteiger partial charge in [0.2, 0.25) is 11.9 Å². The molecule has 8 N–H and O–H groups in total. The molecular weight excluding hydrogens is 861 g/mol. The van der Waals surface area contributed by atoms with Gasteiger partial charge in [0.05, 0.1) is 52.9 Å². The van der Waals surface area contributed by atoms with E-state index in [9.17, 15) is 18.3 Å². The number of aliphatic hydroxyl groups is 1. The number of halogens is 4. The van der Waals surface area contributed by atoms with Crippen LogP contribution in [0.5, 0.6) is 5.75 Å². The van der Waals surface area contributed by atoms with Gasteiger partial charge in [-0.2, -0.15) is 23.1 Å². The number of aryl methyl sites for hydroxylation is 1. The predicted octanol–water partition coefficient (Wildman–Crippen LogP) is 10.1. The van der Waals surface area contributed by atoms with Crippen molar-refractivity contribution in [1.82, 2.24) is 44.9 Å². The topological polar surface area (TPSA) is 234 Å². The summed E-state index contributed by atoms with van der Waals surface area (Å²) in [5, 5.41) is 20.1. The third kappa shape index (κ3) is 15.5. The number of hydrogen-bond donors (Lipinski definition) is 6. The summed E-state index contributed by atoms with van der Waals surface area (Å²) in [6, 6.07) is 7.08. The van der Waals surface area contributed by atoms with Crippen molar-refractivity contribution in [3.8, 4) is 5.75 Å². The van der Waals surface area contributed by atoms with E-state index in [1.807, 2.05) is 26.8 Å². The van der Waals surface area contributed by atoms with Gasteiger partial charge in [0.1, 0.15) is 28.1 Å². The molecule has 0 amide bonds. The van der Waals surface area contributed by atoms with E-state index >= 15 is 0 Å². The molecule has 6 heterocycles. The van der Waals surface area contributed by atoms with Crippen LogP contribution in [0.2, 0.25) is 5.02 Å². The quantitative estimate of drug-likeness (QED) is 0.0530. The van der Waals surface area contributed by atoms with Crippen molar-refractivity contribution < 1.29 is 23.0 Å². The first-order valence-electron chi connectivity index (χ1n) is 21.7. The number of aromatic nitrogens is 9. The van der Waals surface area contributed by atoms with Gasteiger partial charge in [0.25, 0.3) is 0 Å². The number of nitrogens with two attached hydrogens (primary N) is 2. The Hall–Kier alpha value is -5.69. The van der Waals surface area contributed by atoms with E-state index < -0.39 is 23.2 Å². The fourth-order valence-electron chi connectivity index (χ4n) is 6.68. The number of nitrogens with zero attached hydrogens (tertiary/aromatic N) is 9. The smallest absolute Gasteiger partial charge is 0.391 e. The lowest BCUT2D eigenvalue weighted by molar-refractivity contribution is -0.171. The number of fused-ring (bicyclic) bond motifs is 3. The molecule has 0 bridgehead atoms. The number of pyridine rings is 3. The normalized spacial score (nSPS) is 14.0. The van der Waals surface area contributed by atoms with E-state index in [2.05, 4.69) is 95.4 Å². The summed E-state index contributed by atoms with van der Waals surface area (Å²) in [7, 11) is 1.62. The molecule has 0 aliphatic carbocycles. The van der Waals surface area contributed by atoms with Gasteiger partial charge in [0, 0.05) is 29.5 Å². The molecule has 6 aromatic rings. The molecule has 0 saturated heterocycles. The van der Waals surface area contributed by atoms with Gasteiger partial charge in [-0.25, -0.2) is 29.9 Å². The second-order valence-corrected chi connectivity index (χ2v) is 18.1. The average Bonchev–Trinajstić information content (AvgIpc) is 3.23. The minimum absolute atomic E-state index is 0.00795. The van der Waals surface area contributed by atoms with Gasteiger partial charge in [0.15, 0.2) is 17.5 Å². The highest BCUT2D eigenvalue weighted by Crippen LogP contribution is 2.35. The minimum atomic E-state index is -4.18. The molecule has 3 atom stereocenters.